The molecule has 0 aliphatic carbocycles. The minimum atomic E-state index is 0.0189. The third-order valence-electron chi connectivity index (χ3n) is 3.09. The minimum Gasteiger partial charge on any atom is -0.376 e. The van der Waals surface area contributed by atoms with Crippen molar-refractivity contribution in [3.05, 3.63) is 12.2 Å². The van der Waals surface area contributed by atoms with Crippen molar-refractivity contribution < 1.29 is 4.74 Å². The zero-order valence-electron chi connectivity index (χ0n) is 9.26. The fourth-order valence-corrected chi connectivity index (χ4v) is 2.10. The van der Waals surface area contributed by atoms with E-state index in [9.17, 15) is 0 Å². The van der Waals surface area contributed by atoms with E-state index >= 15 is 0 Å². The second-order valence-corrected chi connectivity index (χ2v) is 4.27. The molecule has 0 saturated carbocycles. The summed E-state index contributed by atoms with van der Waals surface area (Å²) in [6.45, 7) is 3.02. The summed E-state index contributed by atoms with van der Waals surface area (Å²) in [5.41, 5.74) is 6.12. The van der Waals surface area contributed by atoms with E-state index in [1.807, 2.05) is 7.05 Å². The summed E-state index contributed by atoms with van der Waals surface area (Å²) in [6.07, 6.45) is 3.56. The lowest BCUT2D eigenvalue weighted by Gasteiger charge is -2.21. The molecule has 1 aliphatic rings. The van der Waals surface area contributed by atoms with Gasteiger partial charge in [0.05, 0.1) is 6.10 Å². The molecule has 5 nitrogen and oxygen atoms in total. The highest BCUT2D eigenvalue weighted by Crippen LogP contribution is 2.23. The van der Waals surface area contributed by atoms with Gasteiger partial charge in [-0.3, -0.25) is 4.68 Å². The fourth-order valence-electron chi connectivity index (χ4n) is 2.10. The smallest absolute Gasteiger partial charge is 0.138 e. The molecule has 1 aliphatic heterocycles. The Kier molecular flexibility index (Phi) is 3.02. The van der Waals surface area contributed by atoms with Crippen LogP contribution in [0.25, 0.3) is 0 Å². The molecule has 1 fully saturated rings. The molecule has 5 heteroatoms. The van der Waals surface area contributed by atoms with Crippen LogP contribution < -0.4 is 5.73 Å². The molecule has 0 aromatic carbocycles. The van der Waals surface area contributed by atoms with Gasteiger partial charge in [0.15, 0.2) is 0 Å². The standard InChI is InChI=1S/C10H18N4O/c1-7-3-4-15-10(7)8(11)5-9-12-6-13-14(9)2/h6-8,10H,3-5,11H2,1-2H3. The maximum absolute atomic E-state index is 6.12. The zero-order valence-corrected chi connectivity index (χ0v) is 9.26. The van der Waals surface area contributed by atoms with Gasteiger partial charge in [0, 0.05) is 26.1 Å². The van der Waals surface area contributed by atoms with Crippen molar-refractivity contribution >= 4 is 0 Å². The van der Waals surface area contributed by atoms with Gasteiger partial charge in [-0.1, -0.05) is 6.92 Å². The van der Waals surface area contributed by atoms with Crippen LogP contribution in [0.3, 0.4) is 0 Å². The number of hydrogen-bond donors (Lipinski definition) is 1. The molecule has 3 atom stereocenters. The normalized spacial score (nSPS) is 28.2. The predicted molar refractivity (Wildman–Crippen MR) is 56.2 cm³/mol. The quantitative estimate of drug-likeness (QED) is 0.769. The number of aryl methyl sites for hydroxylation is 1. The Balaban J connectivity index is 1.97. The van der Waals surface area contributed by atoms with Gasteiger partial charge in [-0.25, -0.2) is 4.98 Å². The molecule has 0 amide bonds. The highest BCUT2D eigenvalue weighted by Gasteiger charge is 2.30. The Morgan fingerprint density at radius 3 is 3.07 bits per heavy atom. The van der Waals surface area contributed by atoms with Gasteiger partial charge in [0.1, 0.15) is 12.2 Å². The summed E-state index contributed by atoms with van der Waals surface area (Å²) in [5, 5.41) is 4.02. The van der Waals surface area contributed by atoms with Crippen molar-refractivity contribution in [2.24, 2.45) is 18.7 Å². The molecule has 1 aromatic heterocycles. The number of aromatic nitrogens is 3. The Labute approximate surface area is 89.6 Å². The van der Waals surface area contributed by atoms with Crippen LogP contribution in [0.15, 0.2) is 6.33 Å². The molecule has 2 rings (SSSR count). The average Bonchev–Trinajstić information content (AvgIpc) is 2.76. The number of nitrogens with two attached hydrogens (primary N) is 1. The third-order valence-corrected chi connectivity index (χ3v) is 3.09. The lowest BCUT2D eigenvalue weighted by molar-refractivity contribution is 0.0719. The molecular weight excluding hydrogens is 192 g/mol. The van der Waals surface area contributed by atoms with Crippen molar-refractivity contribution in [3.8, 4) is 0 Å². The van der Waals surface area contributed by atoms with Crippen LogP contribution in [0.2, 0.25) is 0 Å². The Morgan fingerprint density at radius 2 is 2.53 bits per heavy atom. The zero-order chi connectivity index (χ0) is 10.8. The van der Waals surface area contributed by atoms with Crippen molar-refractivity contribution in [2.45, 2.75) is 31.9 Å². The Morgan fingerprint density at radius 1 is 1.73 bits per heavy atom. The van der Waals surface area contributed by atoms with Gasteiger partial charge in [-0.2, -0.15) is 5.10 Å². The maximum atomic E-state index is 6.12. The molecule has 0 spiro atoms. The molecule has 1 aromatic rings. The van der Waals surface area contributed by atoms with Crippen LogP contribution in [0.1, 0.15) is 19.2 Å². The first-order valence-electron chi connectivity index (χ1n) is 5.38. The largest absolute Gasteiger partial charge is 0.376 e. The second-order valence-electron chi connectivity index (χ2n) is 4.27. The van der Waals surface area contributed by atoms with Crippen LogP contribution in [0.5, 0.6) is 0 Å². The molecule has 1 saturated heterocycles. The van der Waals surface area contributed by atoms with Crippen LogP contribution in [-0.2, 0) is 18.2 Å². The lowest BCUT2D eigenvalue weighted by atomic mass is 9.96. The summed E-state index contributed by atoms with van der Waals surface area (Å²) in [6, 6.07) is 0.0189. The minimum absolute atomic E-state index is 0.0189. The lowest BCUT2D eigenvalue weighted by Crippen LogP contribution is -2.40. The molecule has 84 valence electrons. The van der Waals surface area contributed by atoms with E-state index in [2.05, 4.69) is 17.0 Å². The maximum Gasteiger partial charge on any atom is 0.138 e. The number of hydrogen-bond acceptors (Lipinski definition) is 4. The van der Waals surface area contributed by atoms with Crippen LogP contribution in [-0.4, -0.2) is 33.5 Å². The second kappa shape index (κ2) is 4.28. The van der Waals surface area contributed by atoms with E-state index in [0.29, 0.717) is 5.92 Å². The van der Waals surface area contributed by atoms with Gasteiger partial charge < -0.3 is 10.5 Å². The average molecular weight is 210 g/mol. The summed E-state index contributed by atoms with van der Waals surface area (Å²) in [7, 11) is 1.88. The van der Waals surface area contributed by atoms with E-state index in [-0.39, 0.29) is 12.1 Å². The number of nitrogens with zero attached hydrogens (tertiary/aromatic N) is 3. The van der Waals surface area contributed by atoms with E-state index in [0.717, 1.165) is 25.3 Å². The molecular formula is C10H18N4O. The van der Waals surface area contributed by atoms with E-state index in [1.165, 1.54) is 0 Å². The van der Waals surface area contributed by atoms with Crippen LogP contribution in [0.4, 0.5) is 0 Å². The molecule has 0 radical (unpaired) electrons. The van der Waals surface area contributed by atoms with E-state index < -0.39 is 0 Å². The van der Waals surface area contributed by atoms with Crippen molar-refractivity contribution in [3.63, 3.8) is 0 Å². The monoisotopic (exact) mass is 210 g/mol. The van der Waals surface area contributed by atoms with Crippen LogP contribution >= 0.6 is 0 Å². The van der Waals surface area contributed by atoms with Gasteiger partial charge in [-0.05, 0) is 12.3 Å². The first-order valence-corrected chi connectivity index (χ1v) is 5.38. The summed E-state index contributed by atoms with van der Waals surface area (Å²) >= 11 is 0. The summed E-state index contributed by atoms with van der Waals surface area (Å²) in [4.78, 5) is 4.17. The van der Waals surface area contributed by atoms with Crippen molar-refractivity contribution in [1.82, 2.24) is 14.8 Å². The topological polar surface area (TPSA) is 66.0 Å². The summed E-state index contributed by atoms with van der Waals surface area (Å²) < 4.78 is 7.40. The Hall–Kier alpha value is -0.940. The summed E-state index contributed by atoms with van der Waals surface area (Å²) in [5.74, 6) is 1.47. The van der Waals surface area contributed by atoms with Gasteiger partial charge in [0.25, 0.3) is 0 Å². The predicted octanol–water partition coefficient (Wildman–Crippen LogP) is 0.110. The first kappa shape index (κ1) is 10.6. The molecule has 2 N–H and O–H groups in total. The molecule has 0 bridgehead atoms. The Bertz CT molecular complexity index is 325. The van der Waals surface area contributed by atoms with Crippen molar-refractivity contribution in [2.75, 3.05) is 6.61 Å². The van der Waals surface area contributed by atoms with E-state index in [4.69, 9.17) is 10.5 Å². The van der Waals surface area contributed by atoms with Gasteiger partial charge >= 0.3 is 0 Å². The first-order chi connectivity index (χ1) is 7.18. The molecule has 2 heterocycles. The van der Waals surface area contributed by atoms with Gasteiger partial charge in [-0.15, -0.1) is 0 Å². The molecule has 15 heavy (non-hydrogen) atoms. The highest BCUT2D eigenvalue weighted by atomic mass is 16.5. The number of ether oxygens (including phenoxy) is 1. The van der Waals surface area contributed by atoms with Crippen molar-refractivity contribution in [1.29, 1.82) is 0 Å². The third kappa shape index (κ3) is 2.18. The molecule has 3 unspecified atom stereocenters. The highest BCUT2D eigenvalue weighted by molar-refractivity contribution is 4.93. The van der Waals surface area contributed by atoms with Crippen LogP contribution in [0, 0.1) is 5.92 Å². The SMILES string of the molecule is CC1CCOC1C(N)Cc1ncnn1C. The number of rotatable bonds is 3. The fraction of sp³-hybridized carbons (Fsp3) is 0.800. The van der Waals surface area contributed by atoms with Gasteiger partial charge in [0.2, 0.25) is 0 Å². The van der Waals surface area contributed by atoms with E-state index in [1.54, 1.807) is 11.0 Å².